The van der Waals surface area contributed by atoms with Crippen LogP contribution in [0.3, 0.4) is 0 Å². The minimum Gasteiger partial charge on any atom is -0.395 e. The molecule has 1 amide bonds. The van der Waals surface area contributed by atoms with Crippen LogP contribution < -0.4 is 19.5 Å². The summed E-state index contributed by atoms with van der Waals surface area (Å²) in [7, 11) is -3.44. The summed E-state index contributed by atoms with van der Waals surface area (Å²) in [5, 5.41) is 14.3. The van der Waals surface area contributed by atoms with Gasteiger partial charge in [0.05, 0.1) is 24.3 Å². The number of ether oxygens (including phenoxy) is 2. The Morgan fingerprint density at radius 3 is 2.44 bits per heavy atom. The van der Waals surface area contributed by atoms with Gasteiger partial charge in [0.25, 0.3) is 0 Å². The highest BCUT2D eigenvalue weighted by Gasteiger charge is 2.52. The van der Waals surface area contributed by atoms with Gasteiger partial charge in [-0.15, -0.1) is 8.78 Å². The molecule has 1 unspecified atom stereocenters. The van der Waals surface area contributed by atoms with Gasteiger partial charge in [0, 0.05) is 34.2 Å². The second kappa shape index (κ2) is 9.17. The number of sulfonamides is 1. The molecular formula is C27H31F2N3O6S. The lowest BCUT2D eigenvalue weighted by atomic mass is 9.92. The highest BCUT2D eigenvalue weighted by Crippen LogP contribution is 2.52. The standard InChI is InChI=1S/C27H31F2N3O6S/c1-25(2,3)23-12-16-11-18(6-7-20(16)32(23)15-19(33)14-30-39(4,35)36)31-24(34)26(9-10-26)17-5-8-21-22(13-17)38-27(28,29)37-21/h5-8,11-13,19,30,33H,9-10,14-15H2,1-4H3,(H,31,34). The topological polar surface area (TPSA) is 119 Å². The molecule has 1 saturated carbocycles. The van der Waals surface area contributed by atoms with E-state index >= 15 is 0 Å². The van der Waals surface area contributed by atoms with E-state index in [1.54, 1.807) is 12.1 Å². The molecule has 1 atom stereocenters. The van der Waals surface area contributed by atoms with Crippen molar-refractivity contribution >= 4 is 32.5 Å². The second-order valence-electron chi connectivity index (χ2n) is 11.3. The molecule has 1 aliphatic carbocycles. The Labute approximate surface area is 225 Å². The van der Waals surface area contributed by atoms with Crippen LogP contribution in [0.2, 0.25) is 0 Å². The van der Waals surface area contributed by atoms with Gasteiger partial charge in [-0.3, -0.25) is 4.79 Å². The zero-order chi connectivity index (χ0) is 28.4. The Morgan fingerprint density at radius 1 is 1.10 bits per heavy atom. The number of aliphatic hydroxyl groups excluding tert-OH is 1. The number of nitrogens with one attached hydrogen (secondary N) is 2. The van der Waals surface area contributed by atoms with Crippen molar-refractivity contribution in [1.82, 2.24) is 9.29 Å². The van der Waals surface area contributed by atoms with Crippen molar-refractivity contribution in [3.8, 4) is 11.5 Å². The van der Waals surface area contributed by atoms with Gasteiger partial charge in [0.1, 0.15) is 0 Å². The number of aliphatic hydroxyl groups is 1. The van der Waals surface area contributed by atoms with E-state index < -0.39 is 27.8 Å². The largest absolute Gasteiger partial charge is 0.586 e. The van der Waals surface area contributed by atoms with E-state index in [-0.39, 0.29) is 35.9 Å². The third kappa shape index (κ3) is 5.59. The maximum Gasteiger partial charge on any atom is 0.586 e. The molecule has 0 saturated heterocycles. The highest BCUT2D eigenvalue weighted by molar-refractivity contribution is 7.88. The van der Waals surface area contributed by atoms with Gasteiger partial charge >= 0.3 is 6.29 Å². The summed E-state index contributed by atoms with van der Waals surface area (Å²) in [4.78, 5) is 13.4. The van der Waals surface area contributed by atoms with Crippen LogP contribution in [0.15, 0.2) is 42.5 Å². The Hall–Kier alpha value is -3.22. The van der Waals surface area contributed by atoms with Crippen LogP contribution in [0.4, 0.5) is 14.5 Å². The number of anilines is 1. The van der Waals surface area contributed by atoms with Crippen molar-refractivity contribution in [3.63, 3.8) is 0 Å². The average molecular weight is 564 g/mol. The second-order valence-corrected chi connectivity index (χ2v) is 13.1. The number of rotatable bonds is 8. The number of hydrogen-bond acceptors (Lipinski definition) is 6. The zero-order valence-electron chi connectivity index (χ0n) is 22.0. The van der Waals surface area contributed by atoms with Crippen LogP contribution in [0.1, 0.15) is 44.9 Å². The van der Waals surface area contributed by atoms with E-state index in [0.29, 0.717) is 24.1 Å². The minimum absolute atomic E-state index is 0.0678. The fraction of sp³-hybridized carbons (Fsp3) is 0.444. The van der Waals surface area contributed by atoms with Crippen molar-refractivity contribution in [1.29, 1.82) is 0 Å². The summed E-state index contributed by atoms with van der Waals surface area (Å²) in [6.07, 6.45) is -2.50. The number of halogens is 2. The van der Waals surface area contributed by atoms with E-state index in [1.165, 1.54) is 12.1 Å². The summed E-state index contributed by atoms with van der Waals surface area (Å²) < 4.78 is 63.1. The van der Waals surface area contributed by atoms with Gasteiger partial charge in [0.2, 0.25) is 15.9 Å². The summed E-state index contributed by atoms with van der Waals surface area (Å²) in [5.74, 6) is -0.407. The molecule has 12 heteroatoms. The number of hydrogen-bond donors (Lipinski definition) is 3. The molecule has 3 N–H and O–H groups in total. The third-order valence-corrected chi connectivity index (χ3v) is 7.73. The third-order valence-electron chi connectivity index (χ3n) is 7.04. The van der Waals surface area contributed by atoms with Gasteiger partial charge in [-0.2, -0.15) is 0 Å². The van der Waals surface area contributed by atoms with Gasteiger partial charge in [-0.05, 0) is 54.8 Å². The monoisotopic (exact) mass is 563 g/mol. The molecule has 2 aliphatic rings. The summed E-state index contributed by atoms with van der Waals surface area (Å²) >= 11 is 0. The van der Waals surface area contributed by atoms with Crippen molar-refractivity contribution in [2.45, 2.75) is 63.4 Å². The van der Waals surface area contributed by atoms with Crippen LogP contribution >= 0.6 is 0 Å². The van der Waals surface area contributed by atoms with Gasteiger partial charge < -0.3 is 24.5 Å². The molecule has 1 aliphatic heterocycles. The predicted octanol–water partition coefficient (Wildman–Crippen LogP) is 3.84. The van der Waals surface area contributed by atoms with Crippen molar-refractivity contribution < 1.29 is 36.6 Å². The number of benzene rings is 2. The van der Waals surface area contributed by atoms with E-state index in [2.05, 4.69) is 19.5 Å². The molecule has 0 radical (unpaired) electrons. The maximum absolute atomic E-state index is 13.4. The quantitative estimate of drug-likeness (QED) is 0.383. The Morgan fingerprint density at radius 2 is 1.79 bits per heavy atom. The average Bonchev–Trinajstić information content (AvgIpc) is 3.46. The van der Waals surface area contributed by atoms with Gasteiger partial charge in [0.15, 0.2) is 11.5 Å². The molecule has 2 aromatic carbocycles. The Bertz CT molecular complexity index is 1560. The molecule has 2 heterocycles. The first-order valence-corrected chi connectivity index (χ1v) is 14.4. The number of fused-ring (bicyclic) bond motifs is 2. The molecule has 0 spiro atoms. The number of carbonyl (C=O) groups excluding carboxylic acids is 1. The SMILES string of the molecule is CC(C)(C)c1cc2cc(NC(=O)C3(c4ccc5c(c4)OC(F)(F)O5)CC3)ccc2n1CC(O)CNS(C)(=O)=O. The molecular weight excluding hydrogens is 532 g/mol. The Kier molecular flexibility index (Phi) is 6.43. The van der Waals surface area contributed by atoms with E-state index in [1.807, 2.05) is 43.5 Å². The normalized spacial score (nSPS) is 18.2. The number of nitrogens with zero attached hydrogens (tertiary/aromatic N) is 1. The summed E-state index contributed by atoms with van der Waals surface area (Å²) in [6.45, 7) is 6.19. The van der Waals surface area contributed by atoms with Crippen LogP contribution in [-0.2, 0) is 32.2 Å². The molecule has 210 valence electrons. The Balaban J connectivity index is 1.38. The molecule has 0 bridgehead atoms. The van der Waals surface area contributed by atoms with Crippen molar-refractivity contribution in [2.75, 3.05) is 18.1 Å². The van der Waals surface area contributed by atoms with E-state index in [9.17, 15) is 27.1 Å². The molecule has 1 fully saturated rings. The molecule has 39 heavy (non-hydrogen) atoms. The lowest BCUT2D eigenvalue weighted by Gasteiger charge is -2.24. The van der Waals surface area contributed by atoms with Gasteiger partial charge in [-0.1, -0.05) is 26.8 Å². The number of amides is 1. The predicted molar refractivity (Wildman–Crippen MR) is 142 cm³/mol. The number of aromatic nitrogens is 1. The molecule has 3 aromatic rings. The van der Waals surface area contributed by atoms with Crippen LogP contribution in [0.5, 0.6) is 11.5 Å². The number of carbonyl (C=O) groups is 1. The first kappa shape index (κ1) is 27.4. The van der Waals surface area contributed by atoms with Crippen molar-refractivity contribution in [2.24, 2.45) is 0 Å². The minimum atomic E-state index is -3.72. The van der Waals surface area contributed by atoms with Crippen LogP contribution in [0.25, 0.3) is 10.9 Å². The van der Waals surface area contributed by atoms with E-state index in [4.69, 9.17) is 0 Å². The van der Waals surface area contributed by atoms with Crippen LogP contribution in [-0.4, -0.2) is 49.2 Å². The fourth-order valence-electron chi connectivity index (χ4n) is 4.96. The van der Waals surface area contributed by atoms with Crippen LogP contribution in [0, 0.1) is 0 Å². The zero-order valence-corrected chi connectivity index (χ0v) is 22.9. The highest BCUT2D eigenvalue weighted by atomic mass is 32.2. The maximum atomic E-state index is 13.4. The molecule has 5 rings (SSSR count). The van der Waals surface area contributed by atoms with E-state index in [0.717, 1.165) is 22.9 Å². The summed E-state index contributed by atoms with van der Waals surface area (Å²) in [6, 6.07) is 11.9. The lowest BCUT2D eigenvalue weighted by Crippen LogP contribution is -2.34. The van der Waals surface area contributed by atoms with Gasteiger partial charge in [-0.25, -0.2) is 13.1 Å². The first-order valence-electron chi connectivity index (χ1n) is 12.5. The summed E-state index contributed by atoms with van der Waals surface area (Å²) in [5.41, 5.74) is 1.80. The smallest absolute Gasteiger partial charge is 0.395 e. The fourth-order valence-corrected chi connectivity index (χ4v) is 5.45. The molecule has 9 nitrogen and oxygen atoms in total. The molecule has 1 aromatic heterocycles. The van der Waals surface area contributed by atoms with Crippen molar-refractivity contribution in [3.05, 3.63) is 53.7 Å². The lowest BCUT2D eigenvalue weighted by molar-refractivity contribution is -0.286. The number of alkyl halides is 2. The first-order chi connectivity index (χ1) is 18.1.